The van der Waals surface area contributed by atoms with Crippen molar-refractivity contribution >= 4 is 14.0 Å². The summed E-state index contributed by atoms with van der Waals surface area (Å²) >= 11 is 0. The van der Waals surface area contributed by atoms with Gasteiger partial charge in [-0.25, -0.2) is 0 Å². The molecule has 0 fully saturated rings. The molecular weight excluding hydrogens is 251 g/mol. The van der Waals surface area contributed by atoms with Gasteiger partial charge < -0.3 is 0 Å². The molecule has 0 aromatic carbocycles. The second-order valence-electron chi connectivity index (χ2n) is 5.43. The summed E-state index contributed by atoms with van der Waals surface area (Å²) in [6.07, 6.45) is 4.39. The Balaban J connectivity index is 4.22. The molecule has 5 heteroatoms. The highest BCUT2D eigenvalue weighted by atomic mass is 31.1. The standard InChI is InChI=1S/C13H23O4P/c1-10(2)7-6-8-11(3)9-12(14)13(4,5)17-18(15)16/h7,11H,6,8-9H2,1-5H3/p+1. The Labute approximate surface area is 110 Å². The minimum absolute atomic E-state index is 0.135. The number of Topliss-reactive ketones (excluding diaryl/α,β-unsaturated/α-hetero) is 1. The van der Waals surface area contributed by atoms with Crippen LogP contribution in [-0.4, -0.2) is 16.3 Å². The van der Waals surface area contributed by atoms with Gasteiger partial charge in [0.05, 0.1) is 0 Å². The normalized spacial score (nSPS) is 14.0. The quantitative estimate of drug-likeness (QED) is 0.541. The number of rotatable bonds is 8. The van der Waals surface area contributed by atoms with Crippen LogP contribution in [0, 0.1) is 5.92 Å². The van der Waals surface area contributed by atoms with Gasteiger partial charge in [0.2, 0.25) is 0 Å². The first kappa shape index (κ1) is 17.4. The summed E-state index contributed by atoms with van der Waals surface area (Å²) in [5.41, 5.74) is 0.0851. The van der Waals surface area contributed by atoms with E-state index in [1.807, 2.05) is 20.8 Å². The van der Waals surface area contributed by atoms with Gasteiger partial charge in [0, 0.05) is 11.0 Å². The largest absolute Gasteiger partial charge is 0.695 e. The molecule has 0 aromatic heterocycles. The Bertz CT molecular complexity index is 330. The third kappa shape index (κ3) is 7.70. The Morgan fingerprint density at radius 3 is 2.44 bits per heavy atom. The molecule has 2 atom stereocenters. The number of carbonyl (C=O) groups excluding carboxylic acids is 1. The molecule has 0 radical (unpaired) electrons. The van der Waals surface area contributed by atoms with Crippen molar-refractivity contribution < 1.29 is 18.8 Å². The fourth-order valence-corrected chi connectivity index (χ4v) is 2.06. The fourth-order valence-electron chi connectivity index (χ4n) is 1.57. The second-order valence-corrected chi connectivity index (χ2v) is 6.09. The molecule has 0 aliphatic carbocycles. The second kappa shape index (κ2) is 7.78. The molecule has 0 heterocycles. The van der Waals surface area contributed by atoms with Crippen LogP contribution in [0.5, 0.6) is 0 Å². The average Bonchev–Trinajstić information content (AvgIpc) is 2.14. The van der Waals surface area contributed by atoms with E-state index in [0.29, 0.717) is 6.42 Å². The van der Waals surface area contributed by atoms with Crippen LogP contribution in [0.15, 0.2) is 11.6 Å². The van der Waals surface area contributed by atoms with Crippen LogP contribution in [0.25, 0.3) is 0 Å². The zero-order valence-corrected chi connectivity index (χ0v) is 12.8. The van der Waals surface area contributed by atoms with Crippen molar-refractivity contribution in [3.8, 4) is 0 Å². The van der Waals surface area contributed by atoms with Gasteiger partial charge >= 0.3 is 8.25 Å². The minimum atomic E-state index is -2.75. The van der Waals surface area contributed by atoms with E-state index in [1.54, 1.807) is 0 Å². The van der Waals surface area contributed by atoms with E-state index in [4.69, 9.17) is 9.42 Å². The first-order valence-electron chi connectivity index (χ1n) is 6.17. The van der Waals surface area contributed by atoms with Gasteiger partial charge in [-0.05, 0) is 46.5 Å². The van der Waals surface area contributed by atoms with Crippen molar-refractivity contribution in [3.63, 3.8) is 0 Å². The Hall–Kier alpha value is -0.570. The molecule has 0 spiro atoms. The van der Waals surface area contributed by atoms with E-state index in [0.717, 1.165) is 12.8 Å². The summed E-state index contributed by atoms with van der Waals surface area (Å²) in [5.74, 6) is 0.108. The number of allylic oxidation sites excluding steroid dienone is 2. The highest BCUT2D eigenvalue weighted by Gasteiger charge is 2.38. The molecule has 2 unspecified atom stereocenters. The average molecular weight is 275 g/mol. The van der Waals surface area contributed by atoms with Crippen molar-refractivity contribution in [2.45, 2.75) is 59.5 Å². The van der Waals surface area contributed by atoms with Crippen molar-refractivity contribution in [2.24, 2.45) is 5.92 Å². The maximum absolute atomic E-state index is 11.9. The van der Waals surface area contributed by atoms with Gasteiger partial charge in [-0.1, -0.05) is 18.6 Å². The topological polar surface area (TPSA) is 63.6 Å². The van der Waals surface area contributed by atoms with Crippen LogP contribution in [0.3, 0.4) is 0 Å². The summed E-state index contributed by atoms with van der Waals surface area (Å²) in [6, 6.07) is 0. The van der Waals surface area contributed by atoms with E-state index in [2.05, 4.69) is 6.08 Å². The molecule has 104 valence electrons. The third-order valence-electron chi connectivity index (χ3n) is 2.72. The fraction of sp³-hybridized carbons (Fsp3) is 0.769. The van der Waals surface area contributed by atoms with E-state index in [-0.39, 0.29) is 11.7 Å². The van der Waals surface area contributed by atoms with Crippen molar-refractivity contribution in [1.29, 1.82) is 0 Å². The van der Waals surface area contributed by atoms with Crippen LogP contribution < -0.4 is 0 Å². The van der Waals surface area contributed by atoms with Gasteiger partial charge in [0.15, 0.2) is 11.4 Å². The smallest absolute Gasteiger partial charge is 0.296 e. The highest BCUT2D eigenvalue weighted by Crippen LogP contribution is 2.28. The molecule has 0 bridgehead atoms. The Morgan fingerprint density at radius 2 is 2.00 bits per heavy atom. The van der Waals surface area contributed by atoms with Gasteiger partial charge in [-0.15, -0.1) is 9.42 Å². The molecule has 0 aliphatic rings. The molecular formula is C13H24O4P+. The van der Waals surface area contributed by atoms with Gasteiger partial charge in [-0.2, -0.15) is 0 Å². The lowest BCUT2D eigenvalue weighted by Crippen LogP contribution is -2.34. The van der Waals surface area contributed by atoms with Gasteiger partial charge in [0.1, 0.15) is 0 Å². The highest BCUT2D eigenvalue weighted by molar-refractivity contribution is 7.32. The lowest BCUT2D eigenvalue weighted by Gasteiger charge is -2.18. The molecule has 0 aromatic rings. The molecule has 4 nitrogen and oxygen atoms in total. The zero-order valence-electron chi connectivity index (χ0n) is 11.9. The van der Waals surface area contributed by atoms with E-state index < -0.39 is 13.9 Å². The predicted molar refractivity (Wildman–Crippen MR) is 72.4 cm³/mol. The molecule has 18 heavy (non-hydrogen) atoms. The Kier molecular flexibility index (Phi) is 7.53. The SMILES string of the molecule is CC(C)=CCCC(C)CC(=O)C(C)(C)O[P+](=O)O. The van der Waals surface area contributed by atoms with E-state index in [1.165, 1.54) is 19.4 Å². The summed E-state index contributed by atoms with van der Waals surface area (Å²) in [4.78, 5) is 20.6. The molecule has 0 saturated heterocycles. The summed E-state index contributed by atoms with van der Waals surface area (Å²) in [6.45, 7) is 9.16. The van der Waals surface area contributed by atoms with Crippen molar-refractivity contribution in [2.75, 3.05) is 0 Å². The maximum Gasteiger partial charge on any atom is 0.695 e. The van der Waals surface area contributed by atoms with Crippen LogP contribution in [0.1, 0.15) is 53.9 Å². The zero-order chi connectivity index (χ0) is 14.3. The summed E-state index contributed by atoms with van der Waals surface area (Å²) < 4.78 is 15.4. The van der Waals surface area contributed by atoms with Crippen molar-refractivity contribution in [3.05, 3.63) is 11.6 Å². The maximum atomic E-state index is 11.9. The molecule has 0 rings (SSSR count). The minimum Gasteiger partial charge on any atom is -0.296 e. The van der Waals surface area contributed by atoms with E-state index >= 15 is 0 Å². The lowest BCUT2D eigenvalue weighted by molar-refractivity contribution is -0.132. The van der Waals surface area contributed by atoms with Crippen molar-refractivity contribution in [1.82, 2.24) is 0 Å². The molecule has 0 saturated carbocycles. The van der Waals surface area contributed by atoms with Crippen LogP contribution in [-0.2, 0) is 13.9 Å². The Morgan fingerprint density at radius 1 is 1.44 bits per heavy atom. The van der Waals surface area contributed by atoms with E-state index in [9.17, 15) is 9.36 Å². The number of hydrogen-bond donors (Lipinski definition) is 1. The van der Waals surface area contributed by atoms with Gasteiger partial charge in [-0.3, -0.25) is 4.79 Å². The number of carbonyl (C=O) groups is 1. The molecule has 0 amide bonds. The monoisotopic (exact) mass is 275 g/mol. The van der Waals surface area contributed by atoms with Crippen LogP contribution in [0.4, 0.5) is 0 Å². The first-order chi connectivity index (χ1) is 8.15. The third-order valence-corrected chi connectivity index (χ3v) is 3.34. The predicted octanol–water partition coefficient (Wildman–Crippen LogP) is 3.77. The summed E-state index contributed by atoms with van der Waals surface area (Å²) in [7, 11) is -2.75. The summed E-state index contributed by atoms with van der Waals surface area (Å²) in [5, 5.41) is 0. The van der Waals surface area contributed by atoms with Gasteiger partial charge in [0.25, 0.3) is 0 Å². The lowest BCUT2D eigenvalue weighted by atomic mass is 9.92. The molecule has 1 N–H and O–H groups in total. The first-order valence-corrected chi connectivity index (χ1v) is 7.30. The van der Waals surface area contributed by atoms with Crippen LogP contribution >= 0.6 is 8.25 Å². The number of ketones is 1. The number of hydrogen-bond acceptors (Lipinski definition) is 3. The van der Waals surface area contributed by atoms with Crippen LogP contribution in [0.2, 0.25) is 0 Å². The molecule has 0 aliphatic heterocycles.